The summed E-state index contributed by atoms with van der Waals surface area (Å²) in [5.74, 6) is 0.00835. The molecule has 0 aromatic heterocycles. The van der Waals surface area contributed by atoms with Crippen molar-refractivity contribution in [2.24, 2.45) is 0 Å². The van der Waals surface area contributed by atoms with Crippen molar-refractivity contribution >= 4 is 28.3 Å². The Kier molecular flexibility index (Phi) is 8.69. The number of halogens is 1. The Labute approximate surface area is 150 Å². The van der Waals surface area contributed by atoms with Crippen molar-refractivity contribution in [3.63, 3.8) is 0 Å². The molecule has 24 heavy (non-hydrogen) atoms. The van der Waals surface area contributed by atoms with E-state index < -0.39 is 10.0 Å². The van der Waals surface area contributed by atoms with Gasteiger partial charge in [-0.05, 0) is 44.0 Å². The van der Waals surface area contributed by atoms with Crippen LogP contribution in [-0.4, -0.2) is 51.9 Å². The topological polar surface area (TPSA) is 78.5 Å². The fraction of sp³-hybridized carbons (Fsp3) is 0.562. The number of nitrogens with zero attached hydrogens (tertiary/aromatic N) is 1. The first-order valence-electron chi connectivity index (χ1n) is 8.04. The van der Waals surface area contributed by atoms with Gasteiger partial charge < -0.3 is 10.6 Å². The highest BCUT2D eigenvalue weighted by Crippen LogP contribution is 2.21. The molecule has 6 nitrogen and oxygen atoms in total. The van der Waals surface area contributed by atoms with E-state index in [0.717, 1.165) is 24.9 Å². The number of hydrogen-bond donors (Lipinski definition) is 2. The van der Waals surface area contributed by atoms with Crippen molar-refractivity contribution in [3.05, 3.63) is 29.8 Å². The van der Waals surface area contributed by atoms with Crippen molar-refractivity contribution in [1.29, 1.82) is 0 Å². The number of carbonyl (C=O) groups excluding carboxylic acids is 1. The third kappa shape index (κ3) is 5.73. The number of carbonyl (C=O) groups is 1. The zero-order chi connectivity index (χ0) is 16.7. The van der Waals surface area contributed by atoms with Crippen LogP contribution in [0.25, 0.3) is 0 Å². The summed E-state index contributed by atoms with van der Waals surface area (Å²) in [5.41, 5.74) is 0.967. The number of sulfonamides is 1. The summed E-state index contributed by atoms with van der Waals surface area (Å²) in [6.07, 6.45) is 2.87. The van der Waals surface area contributed by atoms with E-state index in [4.69, 9.17) is 0 Å². The van der Waals surface area contributed by atoms with Gasteiger partial charge in [0.2, 0.25) is 15.9 Å². The van der Waals surface area contributed by atoms with Crippen molar-refractivity contribution in [3.8, 4) is 0 Å². The van der Waals surface area contributed by atoms with E-state index in [1.165, 1.54) is 4.31 Å². The smallest absolute Gasteiger partial charge is 0.243 e. The molecule has 1 amide bonds. The van der Waals surface area contributed by atoms with E-state index in [9.17, 15) is 13.2 Å². The number of hydrogen-bond acceptors (Lipinski definition) is 4. The standard InChI is InChI=1S/C16H25N3O3S.ClH/c1-17-10-11-18-16(20)9-6-14-4-7-15(8-5-14)23(21,22)19-12-2-3-13-19;/h4-5,7-8,17H,2-3,6,9-13H2,1H3,(H,18,20);1H. The summed E-state index contributed by atoms with van der Waals surface area (Å²) in [7, 11) is -1.52. The minimum atomic E-state index is -3.35. The molecule has 0 bridgehead atoms. The minimum Gasteiger partial charge on any atom is -0.355 e. The van der Waals surface area contributed by atoms with Gasteiger partial charge in [-0.15, -0.1) is 12.4 Å². The molecule has 1 aliphatic rings. The van der Waals surface area contributed by atoms with Crippen LogP contribution < -0.4 is 10.6 Å². The van der Waals surface area contributed by atoms with E-state index >= 15 is 0 Å². The number of rotatable bonds is 8. The summed E-state index contributed by atoms with van der Waals surface area (Å²) < 4.78 is 26.4. The maximum Gasteiger partial charge on any atom is 0.243 e. The molecular weight excluding hydrogens is 350 g/mol. The molecule has 0 unspecified atom stereocenters. The monoisotopic (exact) mass is 375 g/mol. The lowest BCUT2D eigenvalue weighted by Gasteiger charge is -2.15. The fourth-order valence-electron chi connectivity index (χ4n) is 2.58. The van der Waals surface area contributed by atoms with Crippen LogP contribution in [0.3, 0.4) is 0 Å². The second-order valence-electron chi connectivity index (χ2n) is 5.71. The van der Waals surface area contributed by atoms with Crippen LogP contribution in [0.4, 0.5) is 0 Å². The van der Waals surface area contributed by atoms with Gasteiger partial charge in [0.05, 0.1) is 4.90 Å². The number of nitrogens with one attached hydrogen (secondary N) is 2. The Balaban J connectivity index is 0.00000288. The number of benzene rings is 1. The summed E-state index contributed by atoms with van der Waals surface area (Å²) in [4.78, 5) is 12.0. The maximum absolute atomic E-state index is 12.4. The summed E-state index contributed by atoms with van der Waals surface area (Å²) in [5, 5.41) is 5.79. The van der Waals surface area contributed by atoms with Gasteiger partial charge in [-0.2, -0.15) is 4.31 Å². The summed E-state index contributed by atoms with van der Waals surface area (Å²) in [6.45, 7) is 2.57. The van der Waals surface area contributed by atoms with E-state index in [1.807, 2.05) is 7.05 Å². The average molecular weight is 376 g/mol. The van der Waals surface area contributed by atoms with E-state index in [0.29, 0.717) is 37.4 Å². The molecule has 136 valence electrons. The molecule has 0 aliphatic carbocycles. The first kappa shape index (κ1) is 20.9. The Morgan fingerprint density at radius 1 is 1.12 bits per heavy atom. The highest BCUT2D eigenvalue weighted by atomic mass is 35.5. The molecule has 1 fully saturated rings. The predicted octanol–water partition coefficient (Wildman–Crippen LogP) is 1.16. The zero-order valence-electron chi connectivity index (χ0n) is 14.0. The van der Waals surface area contributed by atoms with Gasteiger partial charge >= 0.3 is 0 Å². The number of aryl methyl sites for hydroxylation is 1. The molecule has 1 aliphatic heterocycles. The predicted molar refractivity (Wildman–Crippen MR) is 96.9 cm³/mol. The van der Waals surface area contributed by atoms with Crippen molar-refractivity contribution in [2.45, 2.75) is 30.6 Å². The van der Waals surface area contributed by atoms with Gasteiger partial charge in [0.25, 0.3) is 0 Å². The zero-order valence-corrected chi connectivity index (χ0v) is 15.6. The van der Waals surface area contributed by atoms with Crippen LogP contribution in [0.2, 0.25) is 0 Å². The first-order valence-corrected chi connectivity index (χ1v) is 9.48. The van der Waals surface area contributed by atoms with Crippen LogP contribution in [-0.2, 0) is 21.2 Å². The average Bonchev–Trinajstić information content (AvgIpc) is 3.09. The lowest BCUT2D eigenvalue weighted by atomic mass is 10.1. The summed E-state index contributed by atoms with van der Waals surface area (Å²) >= 11 is 0. The van der Waals surface area contributed by atoms with Gasteiger partial charge in [0.15, 0.2) is 0 Å². The first-order chi connectivity index (χ1) is 11.0. The lowest BCUT2D eigenvalue weighted by molar-refractivity contribution is -0.121. The van der Waals surface area contributed by atoms with Crippen LogP contribution in [0.5, 0.6) is 0 Å². The van der Waals surface area contributed by atoms with Gasteiger partial charge in [-0.1, -0.05) is 12.1 Å². The lowest BCUT2D eigenvalue weighted by Crippen LogP contribution is -2.30. The molecule has 0 radical (unpaired) electrons. The third-order valence-electron chi connectivity index (χ3n) is 3.96. The molecule has 2 rings (SSSR count). The van der Waals surface area contributed by atoms with Gasteiger partial charge in [0.1, 0.15) is 0 Å². The SMILES string of the molecule is CNCCNC(=O)CCc1ccc(S(=O)(=O)N2CCCC2)cc1.Cl. The quantitative estimate of drug-likeness (QED) is 0.668. The van der Waals surface area contributed by atoms with Gasteiger partial charge in [-0.3, -0.25) is 4.79 Å². The number of likely N-dealkylation sites (N-methyl/N-ethyl adjacent to an activating group) is 1. The van der Waals surface area contributed by atoms with E-state index in [2.05, 4.69) is 10.6 Å². The molecular formula is C16H26ClN3O3S. The van der Waals surface area contributed by atoms with Crippen molar-refractivity contribution < 1.29 is 13.2 Å². The van der Waals surface area contributed by atoms with E-state index in [-0.39, 0.29) is 18.3 Å². The molecule has 1 saturated heterocycles. The third-order valence-corrected chi connectivity index (χ3v) is 5.88. The van der Waals surface area contributed by atoms with Crippen LogP contribution in [0, 0.1) is 0 Å². The van der Waals surface area contributed by atoms with Gasteiger partial charge in [0, 0.05) is 32.6 Å². The Bertz CT molecular complexity index is 614. The Morgan fingerprint density at radius 2 is 1.75 bits per heavy atom. The normalized spacial score (nSPS) is 15.0. The molecule has 8 heteroatoms. The fourth-order valence-corrected chi connectivity index (χ4v) is 4.10. The Morgan fingerprint density at radius 3 is 2.33 bits per heavy atom. The van der Waals surface area contributed by atoms with Crippen LogP contribution in [0.15, 0.2) is 29.2 Å². The maximum atomic E-state index is 12.4. The molecule has 1 aromatic rings. The second kappa shape index (κ2) is 9.98. The van der Waals surface area contributed by atoms with Crippen LogP contribution >= 0.6 is 12.4 Å². The minimum absolute atomic E-state index is 0. The van der Waals surface area contributed by atoms with E-state index in [1.54, 1.807) is 24.3 Å². The van der Waals surface area contributed by atoms with Crippen molar-refractivity contribution in [2.75, 3.05) is 33.2 Å². The Hall–Kier alpha value is -1.15. The molecule has 1 heterocycles. The molecule has 0 spiro atoms. The van der Waals surface area contributed by atoms with Crippen molar-refractivity contribution in [1.82, 2.24) is 14.9 Å². The molecule has 0 saturated carbocycles. The van der Waals surface area contributed by atoms with Crippen LogP contribution in [0.1, 0.15) is 24.8 Å². The second-order valence-corrected chi connectivity index (χ2v) is 7.65. The van der Waals surface area contributed by atoms with Gasteiger partial charge in [-0.25, -0.2) is 8.42 Å². The molecule has 0 atom stereocenters. The molecule has 1 aromatic carbocycles. The molecule has 2 N–H and O–H groups in total. The largest absolute Gasteiger partial charge is 0.355 e. The highest BCUT2D eigenvalue weighted by Gasteiger charge is 2.26. The summed E-state index contributed by atoms with van der Waals surface area (Å²) in [6, 6.07) is 6.87. The highest BCUT2D eigenvalue weighted by molar-refractivity contribution is 7.89. The number of amides is 1.